The highest BCUT2D eigenvalue weighted by Gasteiger charge is 2.15. The van der Waals surface area contributed by atoms with Crippen molar-refractivity contribution in [3.05, 3.63) is 34.8 Å². The van der Waals surface area contributed by atoms with Crippen molar-refractivity contribution in [1.82, 2.24) is 4.98 Å². The maximum Gasteiger partial charge on any atom is 0.387 e. The number of rotatable bonds is 5. The summed E-state index contributed by atoms with van der Waals surface area (Å²) in [6.45, 7) is -1.15. The number of carbonyl (C=O) groups excluding carboxylic acids is 1. The number of nitrogens with zero attached hydrogens (tertiary/aromatic N) is 1. The number of hydrogen-bond acceptors (Lipinski definition) is 5. The number of thiazole rings is 1. The smallest absolute Gasteiger partial charge is 0.387 e. The van der Waals surface area contributed by atoms with Crippen molar-refractivity contribution in [3.8, 4) is 11.5 Å². The third-order valence-corrected chi connectivity index (χ3v) is 3.36. The van der Waals surface area contributed by atoms with Crippen molar-refractivity contribution in [2.24, 2.45) is 0 Å². The Labute approximate surface area is 123 Å². The molecule has 1 aromatic heterocycles. The zero-order valence-electron chi connectivity index (χ0n) is 11.2. The normalized spacial score (nSPS) is 10.5. The lowest BCUT2D eigenvalue weighted by molar-refractivity contribution is -0.0512. The van der Waals surface area contributed by atoms with E-state index in [-0.39, 0.29) is 17.1 Å². The van der Waals surface area contributed by atoms with Crippen LogP contribution in [0.15, 0.2) is 23.6 Å². The van der Waals surface area contributed by atoms with Crippen molar-refractivity contribution in [3.63, 3.8) is 0 Å². The lowest BCUT2D eigenvalue weighted by atomic mass is 10.2. The number of halogens is 2. The Morgan fingerprint density at radius 2 is 2.14 bits per heavy atom. The van der Waals surface area contributed by atoms with Crippen LogP contribution in [0.25, 0.3) is 0 Å². The molecule has 0 saturated carbocycles. The molecule has 0 bridgehead atoms. The van der Waals surface area contributed by atoms with Crippen LogP contribution in [0.4, 0.5) is 13.9 Å². The first-order valence-electron chi connectivity index (χ1n) is 5.86. The number of nitrogens with one attached hydrogen (secondary N) is 1. The topological polar surface area (TPSA) is 60.5 Å². The van der Waals surface area contributed by atoms with E-state index in [4.69, 9.17) is 4.74 Å². The van der Waals surface area contributed by atoms with Crippen molar-refractivity contribution in [1.29, 1.82) is 0 Å². The highest BCUT2D eigenvalue weighted by molar-refractivity contribution is 7.13. The Hall–Kier alpha value is -2.22. The van der Waals surface area contributed by atoms with E-state index in [1.165, 1.54) is 36.6 Å². The van der Waals surface area contributed by atoms with E-state index in [0.29, 0.717) is 5.13 Å². The molecule has 1 heterocycles. The molecule has 1 N–H and O–H groups in total. The highest BCUT2D eigenvalue weighted by atomic mass is 32.1. The minimum atomic E-state index is -2.96. The van der Waals surface area contributed by atoms with E-state index in [2.05, 4.69) is 15.0 Å². The molecule has 0 aliphatic carbocycles. The molecule has 0 aliphatic heterocycles. The van der Waals surface area contributed by atoms with Gasteiger partial charge in [-0.05, 0) is 25.1 Å². The number of aromatic nitrogens is 1. The predicted molar refractivity (Wildman–Crippen MR) is 74.4 cm³/mol. The molecule has 0 spiro atoms. The number of hydrogen-bond donors (Lipinski definition) is 1. The summed E-state index contributed by atoms with van der Waals surface area (Å²) < 4.78 is 33.7. The van der Waals surface area contributed by atoms with Crippen molar-refractivity contribution in [2.75, 3.05) is 12.4 Å². The SMILES string of the molecule is COc1cc(C(=O)Nc2nc(C)cs2)ccc1OC(F)F. The Kier molecular flexibility index (Phi) is 4.69. The minimum absolute atomic E-state index is 0.0540. The standard InChI is InChI=1S/C13H12F2N2O3S/c1-7-6-21-13(16-7)17-11(18)8-3-4-9(20-12(14)15)10(5-8)19-2/h3-6,12H,1-2H3,(H,16,17,18). The molecule has 2 aromatic rings. The third-order valence-electron chi connectivity index (χ3n) is 2.48. The second-order valence-electron chi connectivity index (χ2n) is 3.99. The molecule has 21 heavy (non-hydrogen) atoms. The molecular weight excluding hydrogens is 302 g/mol. The van der Waals surface area contributed by atoms with E-state index in [1.807, 2.05) is 6.92 Å². The maximum atomic E-state index is 12.2. The molecular formula is C13H12F2N2O3S. The van der Waals surface area contributed by atoms with Gasteiger partial charge in [-0.2, -0.15) is 8.78 Å². The number of benzene rings is 1. The molecule has 8 heteroatoms. The summed E-state index contributed by atoms with van der Waals surface area (Å²) >= 11 is 1.30. The minimum Gasteiger partial charge on any atom is -0.493 e. The van der Waals surface area contributed by atoms with Crippen LogP contribution in [0.3, 0.4) is 0 Å². The number of alkyl halides is 2. The highest BCUT2D eigenvalue weighted by Crippen LogP contribution is 2.29. The summed E-state index contributed by atoms with van der Waals surface area (Å²) in [7, 11) is 1.31. The van der Waals surface area contributed by atoms with E-state index in [1.54, 1.807) is 5.38 Å². The Balaban J connectivity index is 2.17. The average Bonchev–Trinajstić information content (AvgIpc) is 2.83. The number of methoxy groups -OCH3 is 1. The van der Waals surface area contributed by atoms with Crippen molar-refractivity contribution < 1.29 is 23.0 Å². The van der Waals surface area contributed by atoms with Crippen molar-refractivity contribution in [2.45, 2.75) is 13.5 Å². The van der Waals surface area contributed by atoms with Gasteiger partial charge < -0.3 is 9.47 Å². The summed E-state index contributed by atoms with van der Waals surface area (Å²) in [5.41, 5.74) is 1.05. The lowest BCUT2D eigenvalue weighted by Crippen LogP contribution is -2.12. The van der Waals surface area contributed by atoms with Gasteiger partial charge in [0, 0.05) is 10.9 Å². The van der Waals surface area contributed by atoms with Gasteiger partial charge in [-0.3, -0.25) is 10.1 Å². The maximum absolute atomic E-state index is 12.2. The van der Waals surface area contributed by atoms with Gasteiger partial charge >= 0.3 is 6.61 Å². The van der Waals surface area contributed by atoms with E-state index < -0.39 is 12.5 Å². The monoisotopic (exact) mass is 314 g/mol. The fourth-order valence-electron chi connectivity index (χ4n) is 1.58. The lowest BCUT2D eigenvalue weighted by Gasteiger charge is -2.11. The van der Waals surface area contributed by atoms with Crippen LogP contribution < -0.4 is 14.8 Å². The molecule has 112 valence electrons. The molecule has 2 rings (SSSR count). The van der Waals surface area contributed by atoms with Gasteiger partial charge in [-0.1, -0.05) is 0 Å². The molecule has 0 saturated heterocycles. The fourth-order valence-corrected chi connectivity index (χ4v) is 2.27. The summed E-state index contributed by atoms with van der Waals surface area (Å²) in [6, 6.07) is 3.95. The Morgan fingerprint density at radius 3 is 2.71 bits per heavy atom. The van der Waals surface area contributed by atoms with E-state index in [0.717, 1.165) is 5.69 Å². The number of carbonyl (C=O) groups is 1. The van der Waals surface area contributed by atoms with Gasteiger partial charge in [0.15, 0.2) is 16.6 Å². The summed E-state index contributed by atoms with van der Waals surface area (Å²) in [4.78, 5) is 16.1. The van der Waals surface area contributed by atoms with Crippen LogP contribution in [-0.2, 0) is 0 Å². The first-order valence-corrected chi connectivity index (χ1v) is 6.74. The Bertz CT molecular complexity index is 646. The number of amides is 1. The van der Waals surface area contributed by atoms with Crippen LogP contribution in [-0.4, -0.2) is 24.6 Å². The zero-order chi connectivity index (χ0) is 15.4. The first-order chi connectivity index (χ1) is 9.99. The number of aryl methyl sites for hydroxylation is 1. The first kappa shape index (κ1) is 15.2. The van der Waals surface area contributed by atoms with Crippen molar-refractivity contribution >= 4 is 22.4 Å². The van der Waals surface area contributed by atoms with Crippen LogP contribution in [0, 0.1) is 6.92 Å². The van der Waals surface area contributed by atoms with Gasteiger partial charge in [0.05, 0.1) is 12.8 Å². The van der Waals surface area contributed by atoms with Gasteiger partial charge in [-0.25, -0.2) is 4.98 Å². The number of ether oxygens (including phenoxy) is 2. The van der Waals surface area contributed by atoms with Gasteiger partial charge in [0.2, 0.25) is 0 Å². The van der Waals surface area contributed by atoms with Crippen LogP contribution >= 0.6 is 11.3 Å². The third kappa shape index (κ3) is 3.88. The van der Waals surface area contributed by atoms with Crippen LogP contribution in [0.5, 0.6) is 11.5 Å². The summed E-state index contributed by atoms with van der Waals surface area (Å²) in [5, 5.41) is 4.88. The second kappa shape index (κ2) is 6.49. The largest absolute Gasteiger partial charge is 0.493 e. The molecule has 0 unspecified atom stereocenters. The molecule has 0 atom stereocenters. The predicted octanol–water partition coefficient (Wildman–Crippen LogP) is 3.31. The van der Waals surface area contributed by atoms with Gasteiger partial charge in [-0.15, -0.1) is 11.3 Å². The van der Waals surface area contributed by atoms with Crippen LogP contribution in [0.2, 0.25) is 0 Å². The molecule has 1 amide bonds. The zero-order valence-corrected chi connectivity index (χ0v) is 12.0. The van der Waals surface area contributed by atoms with Crippen LogP contribution in [0.1, 0.15) is 16.1 Å². The molecule has 0 aliphatic rings. The van der Waals surface area contributed by atoms with Gasteiger partial charge in [0.1, 0.15) is 0 Å². The quantitative estimate of drug-likeness (QED) is 0.920. The molecule has 1 aromatic carbocycles. The summed E-state index contributed by atoms with van der Waals surface area (Å²) in [5.74, 6) is -0.487. The second-order valence-corrected chi connectivity index (χ2v) is 4.85. The summed E-state index contributed by atoms with van der Waals surface area (Å²) in [6.07, 6.45) is 0. The molecule has 0 fully saturated rings. The van der Waals surface area contributed by atoms with E-state index >= 15 is 0 Å². The average molecular weight is 314 g/mol. The van der Waals surface area contributed by atoms with Gasteiger partial charge in [0.25, 0.3) is 5.91 Å². The molecule has 5 nitrogen and oxygen atoms in total. The fraction of sp³-hybridized carbons (Fsp3) is 0.231. The number of anilines is 1. The van der Waals surface area contributed by atoms with E-state index in [9.17, 15) is 13.6 Å². The Morgan fingerprint density at radius 1 is 1.38 bits per heavy atom. The molecule has 0 radical (unpaired) electrons.